The van der Waals surface area contributed by atoms with Gasteiger partial charge in [0.15, 0.2) is 5.58 Å². The van der Waals surface area contributed by atoms with Crippen LogP contribution in [0.15, 0.2) is 191 Å². The number of benzene rings is 9. The standard InChI is InChI=1S/C62H48BN3O2/c1-3-5-17-39-29-31-42(32-30-39)64(41-19-8-7-9-20-41)43-33-34-52-50(37-43)63-60-54(65(52)53-26-16-24-46-45-22-11-14-27-55(45)68-62(46)53)38-57-58(47-23-12-15-28-56(47)67-57)59(60)49-36-40(18-6-4-2)35-48-44-21-10-13-25-51(44)66(63)61(48)49/h7-16,19-38H,3-6,17-18H2,1-2H3. The second kappa shape index (κ2) is 15.3. The zero-order valence-corrected chi connectivity index (χ0v) is 38.3. The first-order chi connectivity index (χ1) is 33.7. The number of fused-ring (bicyclic) bond motifs is 14. The van der Waals surface area contributed by atoms with Crippen molar-refractivity contribution in [3.63, 3.8) is 0 Å². The van der Waals surface area contributed by atoms with E-state index in [-0.39, 0.29) is 6.85 Å². The van der Waals surface area contributed by atoms with E-state index in [4.69, 9.17) is 8.83 Å². The van der Waals surface area contributed by atoms with E-state index in [9.17, 15) is 0 Å². The van der Waals surface area contributed by atoms with E-state index in [0.29, 0.717) is 0 Å². The number of nitrogens with zero attached hydrogens (tertiary/aromatic N) is 3. The van der Waals surface area contributed by atoms with Gasteiger partial charge in [0.25, 0.3) is 0 Å². The lowest BCUT2D eigenvalue weighted by molar-refractivity contribution is 0.667. The Hall–Kier alpha value is -7.96. The molecule has 0 bridgehead atoms. The summed E-state index contributed by atoms with van der Waals surface area (Å²) in [5, 5.41) is 7.11. The molecule has 12 aromatic rings. The molecule has 5 nitrogen and oxygen atoms in total. The Bertz CT molecular complexity index is 3970. The van der Waals surface area contributed by atoms with Crippen molar-refractivity contribution in [1.29, 1.82) is 0 Å². The maximum Gasteiger partial charge on any atom is 0.333 e. The van der Waals surface area contributed by atoms with E-state index in [1.54, 1.807) is 0 Å². The van der Waals surface area contributed by atoms with Gasteiger partial charge in [-0.15, -0.1) is 0 Å². The number of rotatable bonds is 10. The molecule has 0 amide bonds. The lowest BCUT2D eigenvalue weighted by Gasteiger charge is -2.41. The lowest BCUT2D eigenvalue weighted by atomic mass is 9.44. The highest BCUT2D eigenvalue weighted by Gasteiger charge is 2.45. The predicted octanol–water partition coefficient (Wildman–Crippen LogP) is 16.2. The second-order valence-electron chi connectivity index (χ2n) is 18.9. The second-order valence-corrected chi connectivity index (χ2v) is 18.9. The van der Waals surface area contributed by atoms with Gasteiger partial charge in [0.05, 0.1) is 5.69 Å². The number of hydrogen-bond acceptors (Lipinski definition) is 4. The summed E-state index contributed by atoms with van der Waals surface area (Å²) < 4.78 is 16.6. The first-order valence-electron chi connectivity index (χ1n) is 24.5. The van der Waals surface area contributed by atoms with Gasteiger partial charge in [0.2, 0.25) is 0 Å². The van der Waals surface area contributed by atoms with Crippen molar-refractivity contribution in [1.82, 2.24) is 4.48 Å². The van der Waals surface area contributed by atoms with Crippen LogP contribution >= 0.6 is 0 Å². The summed E-state index contributed by atoms with van der Waals surface area (Å²) in [6, 6.07) is 67.3. The van der Waals surface area contributed by atoms with Gasteiger partial charge in [-0.1, -0.05) is 124 Å². The van der Waals surface area contributed by atoms with E-state index < -0.39 is 0 Å². The van der Waals surface area contributed by atoms with Gasteiger partial charge in [0.1, 0.15) is 16.7 Å². The van der Waals surface area contributed by atoms with Crippen LogP contribution in [-0.4, -0.2) is 11.3 Å². The molecule has 0 N–H and O–H groups in total. The van der Waals surface area contributed by atoms with Gasteiger partial charge in [-0.2, -0.15) is 0 Å². The molecule has 0 radical (unpaired) electrons. The van der Waals surface area contributed by atoms with Crippen molar-refractivity contribution in [3.8, 4) is 11.1 Å². The molecule has 0 atom stereocenters. The first kappa shape index (κ1) is 39.2. The van der Waals surface area contributed by atoms with E-state index in [1.165, 1.54) is 73.2 Å². The highest BCUT2D eigenvalue weighted by molar-refractivity contribution is 6.90. The quantitative estimate of drug-likeness (QED) is 0.128. The summed E-state index contributed by atoms with van der Waals surface area (Å²) >= 11 is 0. The van der Waals surface area contributed by atoms with Crippen LogP contribution < -0.4 is 20.7 Å². The SMILES string of the molecule is CCCCc1ccc(N(c2ccccc2)c2ccc3c(c2)B2c4c(cc5oc6ccccc6c5c4-c4cc(CCCC)cc5c6ccccc6n2c45)N3c2cccc3c2oc2ccccc23)cc1. The van der Waals surface area contributed by atoms with E-state index in [2.05, 4.69) is 210 Å². The van der Waals surface area contributed by atoms with E-state index >= 15 is 0 Å². The van der Waals surface area contributed by atoms with Gasteiger partial charge in [-0.05, 0) is 132 Å². The van der Waals surface area contributed by atoms with Crippen LogP contribution in [0.1, 0.15) is 50.7 Å². The molecular weight excluding hydrogens is 830 g/mol. The average molecular weight is 878 g/mol. The molecule has 5 heterocycles. The largest absolute Gasteiger partial charge is 0.456 e. The minimum absolute atomic E-state index is 0.176. The van der Waals surface area contributed by atoms with Gasteiger partial charge < -0.3 is 23.1 Å². The molecule has 0 fully saturated rings. The van der Waals surface area contributed by atoms with Crippen LogP contribution in [0.5, 0.6) is 0 Å². The molecule has 2 aliphatic rings. The highest BCUT2D eigenvalue weighted by Crippen LogP contribution is 2.52. The minimum atomic E-state index is -0.176. The highest BCUT2D eigenvalue weighted by atomic mass is 16.3. The van der Waals surface area contributed by atoms with Crippen molar-refractivity contribution < 1.29 is 8.83 Å². The van der Waals surface area contributed by atoms with E-state index in [1.807, 2.05) is 0 Å². The maximum absolute atomic E-state index is 6.98. The fourth-order valence-corrected chi connectivity index (χ4v) is 11.8. The van der Waals surface area contributed by atoms with Crippen molar-refractivity contribution in [3.05, 3.63) is 193 Å². The van der Waals surface area contributed by atoms with Crippen LogP contribution in [0.25, 0.3) is 76.8 Å². The van der Waals surface area contributed by atoms with Crippen LogP contribution in [0, 0.1) is 0 Å². The number of unbranched alkanes of at least 4 members (excludes halogenated alkanes) is 2. The normalized spacial score (nSPS) is 12.9. The Kier molecular flexibility index (Phi) is 8.82. The van der Waals surface area contributed by atoms with Crippen molar-refractivity contribution in [2.75, 3.05) is 9.80 Å². The third-order valence-corrected chi connectivity index (χ3v) is 14.9. The van der Waals surface area contributed by atoms with Crippen LogP contribution in [-0.2, 0) is 12.8 Å². The lowest BCUT2D eigenvalue weighted by Crippen LogP contribution is -2.56. The molecule has 0 saturated carbocycles. The van der Waals surface area contributed by atoms with Gasteiger partial charge in [0, 0.05) is 83.4 Å². The number of furan rings is 2. The first-order valence-corrected chi connectivity index (χ1v) is 24.5. The number of aromatic nitrogens is 1. The Labute approximate surface area is 395 Å². The zero-order chi connectivity index (χ0) is 45.0. The summed E-state index contributed by atoms with van der Waals surface area (Å²) in [4.78, 5) is 4.91. The molecule has 68 heavy (non-hydrogen) atoms. The van der Waals surface area contributed by atoms with Gasteiger partial charge in [-0.3, -0.25) is 0 Å². The molecule has 6 heteroatoms. The fraction of sp³-hybridized carbons (Fsp3) is 0.129. The molecule has 0 unspecified atom stereocenters. The molecule has 0 spiro atoms. The molecule has 14 rings (SSSR count). The van der Waals surface area contributed by atoms with Crippen molar-refractivity contribution in [2.45, 2.75) is 52.4 Å². The number of para-hydroxylation sites is 5. The average Bonchev–Trinajstić information content (AvgIpc) is 4.07. The predicted molar refractivity (Wildman–Crippen MR) is 286 cm³/mol. The smallest absolute Gasteiger partial charge is 0.333 e. The third kappa shape index (κ3) is 5.70. The molecule has 9 aromatic carbocycles. The van der Waals surface area contributed by atoms with Crippen LogP contribution in [0.2, 0.25) is 0 Å². The molecule has 326 valence electrons. The molecule has 2 aliphatic heterocycles. The topological polar surface area (TPSA) is 37.7 Å². The summed E-state index contributed by atoms with van der Waals surface area (Å²) in [6.45, 7) is 4.38. The Balaban J connectivity index is 1.13. The minimum Gasteiger partial charge on any atom is -0.456 e. The Morgan fingerprint density at radius 2 is 1.16 bits per heavy atom. The Morgan fingerprint density at radius 1 is 0.485 bits per heavy atom. The fourth-order valence-electron chi connectivity index (χ4n) is 11.8. The molecule has 0 saturated heterocycles. The number of aryl methyl sites for hydroxylation is 2. The third-order valence-electron chi connectivity index (χ3n) is 14.9. The van der Waals surface area contributed by atoms with E-state index in [0.717, 1.165) is 98.3 Å². The van der Waals surface area contributed by atoms with Crippen molar-refractivity contribution in [2.24, 2.45) is 0 Å². The molecule has 0 aliphatic carbocycles. The van der Waals surface area contributed by atoms with Crippen LogP contribution in [0.4, 0.5) is 34.1 Å². The van der Waals surface area contributed by atoms with Gasteiger partial charge in [-0.25, -0.2) is 0 Å². The monoisotopic (exact) mass is 877 g/mol. The summed E-state index contributed by atoms with van der Waals surface area (Å²) in [6.07, 6.45) is 6.73. The summed E-state index contributed by atoms with van der Waals surface area (Å²) in [5.74, 6) is 0. The molecule has 3 aromatic heterocycles. The Morgan fingerprint density at radius 3 is 1.97 bits per heavy atom. The maximum atomic E-state index is 6.98. The number of hydrogen-bond donors (Lipinski definition) is 0. The molecular formula is C62H48BN3O2. The summed E-state index contributed by atoms with van der Waals surface area (Å²) in [7, 11) is 0. The van der Waals surface area contributed by atoms with Crippen LogP contribution in [0.3, 0.4) is 0 Å². The summed E-state index contributed by atoms with van der Waals surface area (Å²) in [5.41, 5.74) is 20.4. The van der Waals surface area contributed by atoms with Gasteiger partial charge >= 0.3 is 6.85 Å². The number of anilines is 6. The van der Waals surface area contributed by atoms with Crippen molar-refractivity contribution >= 4 is 118 Å². The zero-order valence-electron chi connectivity index (χ0n) is 38.3.